The van der Waals surface area contributed by atoms with E-state index in [1.165, 1.54) is 6.92 Å². The Bertz CT molecular complexity index is 201. The van der Waals surface area contributed by atoms with Crippen LogP contribution in [0.1, 0.15) is 6.92 Å². The van der Waals surface area contributed by atoms with Crippen LogP contribution in [0.5, 0.6) is 5.75 Å². The molecule has 0 unspecified atom stereocenters. The molecule has 0 saturated heterocycles. The van der Waals surface area contributed by atoms with Crippen molar-refractivity contribution >= 4 is 0 Å². The normalized spacial score (nSPS) is 12.5. The smallest absolute Gasteiger partial charge is 0.131 e. The molecule has 2 nitrogen and oxygen atoms in total. The van der Waals surface area contributed by atoms with Crippen LogP contribution >= 0.6 is 0 Å². The summed E-state index contributed by atoms with van der Waals surface area (Å²) >= 11 is 0. The first-order valence-corrected chi connectivity index (χ1v) is 3.46. The Morgan fingerprint density at radius 1 is 1.55 bits per heavy atom. The van der Waals surface area contributed by atoms with Gasteiger partial charge in [-0.2, -0.15) is 0 Å². The maximum absolute atomic E-state index is 12.2. The van der Waals surface area contributed by atoms with Crippen molar-refractivity contribution in [3.63, 3.8) is 0 Å². The van der Waals surface area contributed by atoms with Crippen LogP contribution in [-0.2, 0) is 0 Å². The summed E-state index contributed by atoms with van der Waals surface area (Å²) in [6.45, 7) is 1.56. The molecule has 0 amide bonds. The van der Waals surface area contributed by atoms with Crippen molar-refractivity contribution in [2.45, 2.75) is 13.1 Å². The minimum atomic E-state index is -0.928. The van der Waals surface area contributed by atoms with E-state index in [4.69, 9.17) is 4.74 Å². The first-order valence-electron chi connectivity index (χ1n) is 3.46. The lowest BCUT2D eigenvalue weighted by molar-refractivity contribution is 0.209. The molecule has 11 heavy (non-hydrogen) atoms. The second-order valence-corrected chi connectivity index (χ2v) is 2.27. The molecule has 0 saturated carbocycles. The number of ether oxygens (including phenoxy) is 1. The largest absolute Gasteiger partial charge is 0.490 e. The van der Waals surface area contributed by atoms with Gasteiger partial charge in [0, 0.05) is 12.4 Å². The van der Waals surface area contributed by atoms with Gasteiger partial charge in [-0.25, -0.2) is 4.39 Å². The fourth-order valence-corrected chi connectivity index (χ4v) is 0.646. The van der Waals surface area contributed by atoms with Crippen molar-refractivity contribution < 1.29 is 9.13 Å². The van der Waals surface area contributed by atoms with E-state index >= 15 is 0 Å². The molecule has 0 aliphatic rings. The van der Waals surface area contributed by atoms with Crippen molar-refractivity contribution in [3.8, 4) is 5.75 Å². The molecule has 0 spiro atoms. The minimum absolute atomic E-state index is 0.101. The molecule has 1 aromatic rings. The standard InChI is InChI=1S/C8H10FNO/c1-7(9)6-11-8-2-4-10-5-3-8/h2-5,7H,6H2,1H3/t7-/m1/s1. The summed E-state index contributed by atoms with van der Waals surface area (Å²) in [6, 6.07) is 3.39. The molecule has 0 fully saturated rings. The molecule has 0 radical (unpaired) electrons. The van der Waals surface area contributed by atoms with Crippen LogP contribution in [0.2, 0.25) is 0 Å². The van der Waals surface area contributed by atoms with Crippen molar-refractivity contribution in [1.82, 2.24) is 4.98 Å². The van der Waals surface area contributed by atoms with E-state index < -0.39 is 6.17 Å². The van der Waals surface area contributed by atoms with Crippen LogP contribution in [0.25, 0.3) is 0 Å². The van der Waals surface area contributed by atoms with Crippen LogP contribution in [0.15, 0.2) is 24.5 Å². The highest BCUT2D eigenvalue weighted by Gasteiger charge is 1.97. The van der Waals surface area contributed by atoms with E-state index in [2.05, 4.69) is 4.98 Å². The average molecular weight is 155 g/mol. The number of hydrogen-bond acceptors (Lipinski definition) is 2. The van der Waals surface area contributed by atoms with Gasteiger partial charge in [-0.1, -0.05) is 0 Å². The second kappa shape index (κ2) is 3.91. The molecule has 0 aliphatic heterocycles. The lowest BCUT2D eigenvalue weighted by Crippen LogP contribution is -2.07. The summed E-state index contributed by atoms with van der Waals surface area (Å²) in [6.07, 6.45) is 2.29. The highest BCUT2D eigenvalue weighted by atomic mass is 19.1. The summed E-state index contributed by atoms with van der Waals surface area (Å²) in [5, 5.41) is 0. The number of rotatable bonds is 3. The maximum atomic E-state index is 12.2. The topological polar surface area (TPSA) is 22.1 Å². The quantitative estimate of drug-likeness (QED) is 0.664. The third-order valence-corrected chi connectivity index (χ3v) is 1.13. The van der Waals surface area contributed by atoms with Crippen LogP contribution in [-0.4, -0.2) is 17.8 Å². The molecule has 1 heterocycles. The highest BCUT2D eigenvalue weighted by molar-refractivity contribution is 5.16. The van der Waals surface area contributed by atoms with Gasteiger partial charge in [0.05, 0.1) is 0 Å². The highest BCUT2D eigenvalue weighted by Crippen LogP contribution is 2.07. The molecule has 0 bridgehead atoms. The summed E-state index contributed by atoms with van der Waals surface area (Å²) in [7, 11) is 0. The van der Waals surface area contributed by atoms with Crippen LogP contribution in [0, 0.1) is 0 Å². The predicted molar refractivity (Wildman–Crippen MR) is 40.3 cm³/mol. The fourth-order valence-electron chi connectivity index (χ4n) is 0.646. The van der Waals surface area contributed by atoms with Gasteiger partial charge in [0.1, 0.15) is 18.5 Å². The third-order valence-electron chi connectivity index (χ3n) is 1.13. The van der Waals surface area contributed by atoms with Gasteiger partial charge in [0.25, 0.3) is 0 Å². The lowest BCUT2D eigenvalue weighted by atomic mass is 10.4. The Hall–Kier alpha value is -1.12. The Labute approximate surface area is 65.0 Å². The van der Waals surface area contributed by atoms with Gasteiger partial charge in [0.2, 0.25) is 0 Å². The number of nitrogens with zero attached hydrogens (tertiary/aromatic N) is 1. The Kier molecular flexibility index (Phi) is 2.83. The van der Waals surface area contributed by atoms with Crippen molar-refractivity contribution in [2.75, 3.05) is 6.61 Å². The van der Waals surface area contributed by atoms with E-state index in [1.54, 1.807) is 24.5 Å². The molecule has 60 valence electrons. The fraction of sp³-hybridized carbons (Fsp3) is 0.375. The Balaban J connectivity index is 2.39. The third kappa shape index (κ3) is 2.98. The summed E-state index contributed by atoms with van der Waals surface area (Å²) in [5.41, 5.74) is 0. The number of alkyl halides is 1. The molecular formula is C8H10FNO. The molecule has 1 rings (SSSR count). The number of halogens is 1. The zero-order valence-electron chi connectivity index (χ0n) is 6.33. The molecule has 0 aliphatic carbocycles. The first kappa shape index (κ1) is 7.98. The summed E-state index contributed by atoms with van der Waals surface area (Å²) in [4.78, 5) is 3.80. The monoisotopic (exact) mass is 155 g/mol. The van der Waals surface area contributed by atoms with Crippen molar-refractivity contribution in [1.29, 1.82) is 0 Å². The van der Waals surface area contributed by atoms with Gasteiger partial charge in [-0.15, -0.1) is 0 Å². The minimum Gasteiger partial charge on any atom is -0.490 e. The summed E-state index contributed by atoms with van der Waals surface area (Å²) in [5.74, 6) is 0.657. The van der Waals surface area contributed by atoms with E-state index in [-0.39, 0.29) is 6.61 Å². The maximum Gasteiger partial charge on any atom is 0.131 e. The molecular weight excluding hydrogens is 145 g/mol. The predicted octanol–water partition coefficient (Wildman–Crippen LogP) is 1.82. The van der Waals surface area contributed by atoms with Crippen molar-refractivity contribution in [3.05, 3.63) is 24.5 Å². The van der Waals surface area contributed by atoms with Gasteiger partial charge >= 0.3 is 0 Å². The van der Waals surface area contributed by atoms with E-state index in [9.17, 15) is 4.39 Å². The van der Waals surface area contributed by atoms with Crippen LogP contribution in [0.3, 0.4) is 0 Å². The van der Waals surface area contributed by atoms with Crippen LogP contribution < -0.4 is 4.74 Å². The van der Waals surface area contributed by atoms with Crippen molar-refractivity contribution in [2.24, 2.45) is 0 Å². The number of pyridine rings is 1. The van der Waals surface area contributed by atoms with Crippen LogP contribution in [0.4, 0.5) is 4.39 Å². The van der Waals surface area contributed by atoms with E-state index in [1.807, 2.05) is 0 Å². The number of hydrogen-bond donors (Lipinski definition) is 0. The Morgan fingerprint density at radius 3 is 2.73 bits per heavy atom. The molecule has 1 atom stereocenters. The van der Waals surface area contributed by atoms with Gasteiger partial charge < -0.3 is 4.74 Å². The van der Waals surface area contributed by atoms with Gasteiger partial charge in [-0.05, 0) is 19.1 Å². The SMILES string of the molecule is C[C@@H](F)COc1ccncc1. The average Bonchev–Trinajstić information content (AvgIpc) is 2.03. The summed E-state index contributed by atoms with van der Waals surface area (Å²) < 4.78 is 17.3. The lowest BCUT2D eigenvalue weighted by Gasteiger charge is -2.04. The first-order chi connectivity index (χ1) is 5.29. The van der Waals surface area contributed by atoms with Gasteiger partial charge in [0.15, 0.2) is 0 Å². The van der Waals surface area contributed by atoms with Gasteiger partial charge in [-0.3, -0.25) is 4.98 Å². The molecule has 0 N–H and O–H groups in total. The van der Waals surface area contributed by atoms with E-state index in [0.717, 1.165) is 0 Å². The molecule has 1 aromatic heterocycles. The molecule has 3 heteroatoms. The second-order valence-electron chi connectivity index (χ2n) is 2.27. The zero-order chi connectivity index (χ0) is 8.10. The number of aromatic nitrogens is 1. The molecule has 0 aromatic carbocycles. The zero-order valence-corrected chi connectivity index (χ0v) is 6.33. The Morgan fingerprint density at radius 2 is 2.18 bits per heavy atom. The van der Waals surface area contributed by atoms with E-state index in [0.29, 0.717) is 5.75 Å².